The van der Waals surface area contributed by atoms with Gasteiger partial charge in [-0.2, -0.15) is 10.1 Å². The van der Waals surface area contributed by atoms with Gasteiger partial charge in [0.1, 0.15) is 10.7 Å². The first-order chi connectivity index (χ1) is 11.5. The minimum absolute atomic E-state index is 0.320. The van der Waals surface area contributed by atoms with E-state index in [2.05, 4.69) is 10.1 Å². The van der Waals surface area contributed by atoms with E-state index in [9.17, 15) is 4.79 Å². The highest BCUT2D eigenvalue weighted by Gasteiger charge is 2.20. The molecule has 0 aliphatic rings. The molecule has 24 heavy (non-hydrogen) atoms. The lowest BCUT2D eigenvalue weighted by atomic mass is 10.1. The molecule has 0 fully saturated rings. The van der Waals surface area contributed by atoms with Gasteiger partial charge in [-0.25, -0.2) is 4.68 Å². The number of amides is 1. The number of hydrogen-bond acceptors (Lipinski definition) is 3. The number of rotatable bonds is 3. The second kappa shape index (κ2) is 6.75. The summed E-state index contributed by atoms with van der Waals surface area (Å²) in [6.45, 7) is 4.33. The molecule has 2 aromatic heterocycles. The number of halogens is 1. The Balaban J connectivity index is 1.93. The normalized spacial score (nSPS) is 11.9. The number of aryl methyl sites for hydroxylation is 3. The van der Waals surface area contributed by atoms with E-state index in [1.165, 1.54) is 16.9 Å². The standard InChI is InChI=1S/C17H17ClN4OS/c1-11-4-6-13(7-5-11)10-22-15(18)14(12(2)20-22)16(23)19-17-21(3)8-9-24-17/h4-9H,10H2,1-3H3. The molecule has 2 heterocycles. The zero-order valence-electron chi connectivity index (χ0n) is 13.7. The van der Waals surface area contributed by atoms with Gasteiger partial charge in [0.25, 0.3) is 5.91 Å². The summed E-state index contributed by atoms with van der Waals surface area (Å²) in [5.74, 6) is -0.370. The number of thiazole rings is 1. The van der Waals surface area contributed by atoms with Crippen molar-refractivity contribution in [3.05, 3.63) is 68.2 Å². The number of nitrogens with zero attached hydrogens (tertiary/aromatic N) is 4. The van der Waals surface area contributed by atoms with Crippen molar-refractivity contribution in [3.8, 4) is 0 Å². The van der Waals surface area contributed by atoms with Crippen molar-refractivity contribution < 1.29 is 4.79 Å². The predicted octanol–water partition coefficient (Wildman–Crippen LogP) is 3.34. The molecule has 0 unspecified atom stereocenters. The summed E-state index contributed by atoms with van der Waals surface area (Å²) in [5.41, 5.74) is 3.21. The van der Waals surface area contributed by atoms with Crippen LogP contribution < -0.4 is 4.80 Å². The Hall–Kier alpha value is -2.18. The van der Waals surface area contributed by atoms with Gasteiger partial charge >= 0.3 is 0 Å². The third kappa shape index (κ3) is 3.34. The Morgan fingerprint density at radius 1 is 1.29 bits per heavy atom. The van der Waals surface area contributed by atoms with Crippen molar-refractivity contribution in [3.63, 3.8) is 0 Å². The molecule has 1 aromatic carbocycles. The zero-order chi connectivity index (χ0) is 17.3. The quantitative estimate of drug-likeness (QED) is 0.719. The summed E-state index contributed by atoms with van der Waals surface area (Å²) in [6.07, 6.45) is 1.85. The van der Waals surface area contributed by atoms with Crippen LogP contribution in [0.15, 0.2) is 40.8 Å². The molecule has 124 valence electrons. The molecule has 0 atom stereocenters. The van der Waals surface area contributed by atoms with Crippen LogP contribution in [0.25, 0.3) is 0 Å². The molecular formula is C17H17ClN4OS. The van der Waals surface area contributed by atoms with Crippen molar-refractivity contribution in [2.24, 2.45) is 12.0 Å². The smallest absolute Gasteiger partial charge is 0.284 e. The van der Waals surface area contributed by atoms with Gasteiger partial charge in [-0.1, -0.05) is 41.4 Å². The summed E-state index contributed by atoms with van der Waals surface area (Å²) >= 11 is 7.80. The highest BCUT2D eigenvalue weighted by atomic mass is 35.5. The number of hydrogen-bond donors (Lipinski definition) is 0. The molecule has 3 rings (SSSR count). The van der Waals surface area contributed by atoms with Crippen molar-refractivity contribution >= 4 is 28.8 Å². The van der Waals surface area contributed by atoms with Crippen LogP contribution in [0.5, 0.6) is 0 Å². The average Bonchev–Trinajstić information content (AvgIpc) is 3.05. The largest absolute Gasteiger partial charge is 0.327 e. The van der Waals surface area contributed by atoms with E-state index in [4.69, 9.17) is 11.6 Å². The van der Waals surface area contributed by atoms with E-state index in [1.54, 1.807) is 16.2 Å². The molecule has 0 saturated carbocycles. The Morgan fingerprint density at radius 3 is 2.62 bits per heavy atom. The van der Waals surface area contributed by atoms with Crippen LogP contribution in [0.4, 0.5) is 0 Å². The fourth-order valence-electron chi connectivity index (χ4n) is 2.34. The number of carbonyl (C=O) groups excluding carboxylic acids is 1. The molecule has 0 N–H and O–H groups in total. The van der Waals surface area contributed by atoms with Gasteiger partial charge < -0.3 is 4.57 Å². The Morgan fingerprint density at radius 2 is 2.00 bits per heavy atom. The summed E-state index contributed by atoms with van der Waals surface area (Å²) < 4.78 is 3.43. The maximum Gasteiger partial charge on any atom is 0.284 e. The molecule has 5 nitrogen and oxygen atoms in total. The lowest BCUT2D eigenvalue weighted by Crippen LogP contribution is -2.13. The third-order valence-corrected chi connectivity index (χ3v) is 4.92. The maximum absolute atomic E-state index is 12.5. The van der Waals surface area contributed by atoms with Crippen LogP contribution in [-0.4, -0.2) is 20.3 Å². The van der Waals surface area contributed by atoms with Crippen molar-refractivity contribution in [2.45, 2.75) is 20.4 Å². The molecule has 1 amide bonds. The molecule has 0 aliphatic heterocycles. The van der Waals surface area contributed by atoms with Crippen molar-refractivity contribution in [2.75, 3.05) is 0 Å². The predicted molar refractivity (Wildman–Crippen MR) is 95.4 cm³/mol. The van der Waals surface area contributed by atoms with Crippen LogP contribution in [0, 0.1) is 13.8 Å². The van der Waals surface area contributed by atoms with Gasteiger partial charge in [0.2, 0.25) is 0 Å². The number of aromatic nitrogens is 3. The third-order valence-electron chi connectivity index (χ3n) is 3.69. The molecule has 0 spiro atoms. The fourth-order valence-corrected chi connectivity index (χ4v) is 3.39. The lowest BCUT2D eigenvalue weighted by molar-refractivity contribution is 0.0997. The molecule has 0 saturated heterocycles. The summed E-state index contributed by atoms with van der Waals surface area (Å²) in [4.78, 5) is 17.3. The van der Waals surface area contributed by atoms with Crippen LogP contribution in [-0.2, 0) is 13.6 Å². The van der Waals surface area contributed by atoms with E-state index in [0.29, 0.717) is 27.8 Å². The van der Waals surface area contributed by atoms with E-state index >= 15 is 0 Å². The zero-order valence-corrected chi connectivity index (χ0v) is 15.2. The van der Waals surface area contributed by atoms with Gasteiger partial charge in [0.15, 0.2) is 4.80 Å². The molecule has 0 aliphatic carbocycles. The molecule has 0 radical (unpaired) electrons. The van der Waals surface area contributed by atoms with Crippen LogP contribution in [0.2, 0.25) is 5.15 Å². The minimum atomic E-state index is -0.370. The van der Waals surface area contributed by atoms with Gasteiger partial charge in [0, 0.05) is 18.6 Å². The molecular weight excluding hydrogens is 344 g/mol. The number of benzene rings is 1. The topological polar surface area (TPSA) is 52.2 Å². The first-order valence-electron chi connectivity index (χ1n) is 7.43. The van der Waals surface area contributed by atoms with E-state index in [1.807, 2.05) is 49.8 Å². The highest BCUT2D eigenvalue weighted by Crippen LogP contribution is 2.22. The minimum Gasteiger partial charge on any atom is -0.327 e. The monoisotopic (exact) mass is 360 g/mol. The van der Waals surface area contributed by atoms with Crippen LogP contribution >= 0.6 is 22.9 Å². The van der Waals surface area contributed by atoms with E-state index < -0.39 is 0 Å². The first-order valence-corrected chi connectivity index (χ1v) is 8.69. The lowest BCUT2D eigenvalue weighted by Gasteiger charge is -2.04. The molecule has 0 bridgehead atoms. The fraction of sp³-hybridized carbons (Fsp3) is 0.235. The summed E-state index contributed by atoms with van der Waals surface area (Å²) in [7, 11) is 1.85. The Bertz CT molecular complexity index is 950. The van der Waals surface area contributed by atoms with Gasteiger partial charge in [-0.15, -0.1) is 11.3 Å². The second-order valence-electron chi connectivity index (χ2n) is 5.61. The van der Waals surface area contributed by atoms with Crippen LogP contribution in [0.3, 0.4) is 0 Å². The summed E-state index contributed by atoms with van der Waals surface area (Å²) in [6, 6.07) is 8.13. The van der Waals surface area contributed by atoms with E-state index in [0.717, 1.165) is 5.56 Å². The Labute approximate surface area is 148 Å². The number of carbonyl (C=O) groups is 1. The summed E-state index contributed by atoms with van der Waals surface area (Å²) in [5, 5.41) is 6.60. The SMILES string of the molecule is Cc1ccc(Cn2nc(C)c(C(=O)N=c3sccn3C)c2Cl)cc1. The molecule has 3 aromatic rings. The van der Waals surface area contributed by atoms with Crippen molar-refractivity contribution in [1.29, 1.82) is 0 Å². The van der Waals surface area contributed by atoms with Crippen molar-refractivity contribution in [1.82, 2.24) is 14.3 Å². The second-order valence-corrected chi connectivity index (χ2v) is 6.84. The van der Waals surface area contributed by atoms with Crippen LogP contribution in [0.1, 0.15) is 27.2 Å². The average molecular weight is 361 g/mol. The molecule has 7 heteroatoms. The highest BCUT2D eigenvalue weighted by molar-refractivity contribution is 7.07. The Kier molecular flexibility index (Phi) is 4.69. The first kappa shape index (κ1) is 16.7. The van der Waals surface area contributed by atoms with Gasteiger partial charge in [0.05, 0.1) is 12.2 Å². The maximum atomic E-state index is 12.5. The van der Waals surface area contributed by atoms with Gasteiger partial charge in [-0.3, -0.25) is 4.79 Å². The van der Waals surface area contributed by atoms with E-state index in [-0.39, 0.29) is 5.91 Å². The van der Waals surface area contributed by atoms with Gasteiger partial charge in [-0.05, 0) is 19.4 Å².